The number of hydrogen-bond acceptors (Lipinski definition) is 5. The molecular weight excluding hydrogens is 361 g/mol. The molecule has 0 aliphatic carbocycles. The average Bonchev–Trinajstić information content (AvgIpc) is 3.21. The van der Waals surface area contributed by atoms with E-state index in [2.05, 4.69) is 5.32 Å². The van der Waals surface area contributed by atoms with E-state index in [-0.39, 0.29) is 12.3 Å². The number of rotatable bonds is 6. The van der Waals surface area contributed by atoms with Crippen molar-refractivity contribution in [2.75, 3.05) is 6.61 Å². The van der Waals surface area contributed by atoms with Crippen molar-refractivity contribution in [3.05, 3.63) is 29.8 Å². The van der Waals surface area contributed by atoms with Gasteiger partial charge in [0.1, 0.15) is 12.1 Å². The first-order chi connectivity index (χ1) is 13.1. The largest absolute Gasteiger partial charge is 0.494 e. The van der Waals surface area contributed by atoms with Gasteiger partial charge >= 0.3 is 13.1 Å². The molecule has 0 aromatic heterocycles. The van der Waals surface area contributed by atoms with Crippen LogP contribution in [0.25, 0.3) is 0 Å². The maximum absolute atomic E-state index is 12.2. The van der Waals surface area contributed by atoms with E-state index in [1.54, 1.807) is 0 Å². The Morgan fingerprint density at radius 3 is 2.29 bits per heavy atom. The van der Waals surface area contributed by atoms with Gasteiger partial charge in [-0.2, -0.15) is 0 Å². The zero-order valence-corrected chi connectivity index (χ0v) is 16.9. The maximum Gasteiger partial charge on any atom is 0.494 e. The molecule has 0 saturated carbocycles. The van der Waals surface area contributed by atoms with Crippen LogP contribution in [0.2, 0.25) is 0 Å². The van der Waals surface area contributed by atoms with Crippen LogP contribution in [0.1, 0.15) is 46.1 Å². The van der Waals surface area contributed by atoms with Gasteiger partial charge in [-0.1, -0.05) is 24.3 Å². The van der Waals surface area contributed by atoms with E-state index in [1.165, 1.54) is 0 Å². The molecule has 8 heteroatoms. The van der Waals surface area contributed by atoms with Crippen molar-refractivity contribution in [2.45, 2.75) is 70.3 Å². The molecule has 0 radical (unpaired) electrons. The second kappa shape index (κ2) is 7.85. The summed E-state index contributed by atoms with van der Waals surface area (Å²) in [5, 5.41) is 12.1. The van der Waals surface area contributed by atoms with Gasteiger partial charge in [-0.05, 0) is 51.6 Å². The fourth-order valence-electron chi connectivity index (χ4n) is 3.27. The van der Waals surface area contributed by atoms with Gasteiger partial charge in [0.05, 0.1) is 11.2 Å². The molecule has 2 heterocycles. The van der Waals surface area contributed by atoms with Crippen LogP contribution in [0.4, 0.5) is 0 Å². The second-order valence-corrected chi connectivity index (χ2v) is 8.44. The molecular formula is C20H28BNO6. The number of nitrogens with one attached hydrogen (secondary N) is 1. The lowest BCUT2D eigenvalue weighted by molar-refractivity contribution is -0.143. The predicted octanol–water partition coefficient (Wildman–Crippen LogP) is 1.28. The van der Waals surface area contributed by atoms with Crippen LogP contribution >= 0.6 is 0 Å². The summed E-state index contributed by atoms with van der Waals surface area (Å²) >= 11 is 0. The predicted molar refractivity (Wildman–Crippen MR) is 104 cm³/mol. The molecule has 2 aliphatic rings. The van der Waals surface area contributed by atoms with Crippen molar-refractivity contribution < 1.29 is 28.7 Å². The van der Waals surface area contributed by atoms with Crippen molar-refractivity contribution in [3.8, 4) is 0 Å². The van der Waals surface area contributed by atoms with Crippen molar-refractivity contribution in [2.24, 2.45) is 0 Å². The van der Waals surface area contributed by atoms with Crippen molar-refractivity contribution in [1.82, 2.24) is 5.32 Å². The molecule has 0 spiro atoms. The molecule has 152 valence electrons. The summed E-state index contributed by atoms with van der Waals surface area (Å²) in [5.41, 5.74) is 0.840. The lowest BCUT2D eigenvalue weighted by Crippen LogP contribution is -2.46. The molecule has 2 fully saturated rings. The third kappa shape index (κ3) is 4.40. The van der Waals surface area contributed by atoms with E-state index >= 15 is 0 Å². The fourth-order valence-corrected chi connectivity index (χ4v) is 3.27. The summed E-state index contributed by atoms with van der Waals surface area (Å²) in [4.78, 5) is 23.7. The van der Waals surface area contributed by atoms with Gasteiger partial charge in [-0.3, -0.25) is 4.79 Å². The van der Waals surface area contributed by atoms with Gasteiger partial charge in [0.2, 0.25) is 5.91 Å². The van der Waals surface area contributed by atoms with Gasteiger partial charge in [0, 0.05) is 13.0 Å². The van der Waals surface area contributed by atoms with Gasteiger partial charge in [-0.25, -0.2) is 4.79 Å². The SMILES string of the molecule is CC1(C)OB(c2ccc(C[C@@H](NC(=O)[C@H]3CCCO3)C(=O)O)cc2)OC1(C)C. The zero-order valence-electron chi connectivity index (χ0n) is 16.9. The summed E-state index contributed by atoms with van der Waals surface area (Å²) < 4.78 is 17.4. The topological polar surface area (TPSA) is 94.1 Å². The minimum absolute atomic E-state index is 0.192. The smallest absolute Gasteiger partial charge is 0.480 e. The van der Waals surface area contributed by atoms with E-state index in [1.807, 2.05) is 52.0 Å². The van der Waals surface area contributed by atoms with E-state index in [0.29, 0.717) is 13.0 Å². The van der Waals surface area contributed by atoms with Crippen LogP contribution in [-0.2, 0) is 30.1 Å². The van der Waals surface area contributed by atoms with Crippen molar-refractivity contribution in [3.63, 3.8) is 0 Å². The van der Waals surface area contributed by atoms with Crippen LogP contribution in [0.5, 0.6) is 0 Å². The highest BCUT2D eigenvalue weighted by atomic mass is 16.7. The first kappa shape index (κ1) is 20.8. The second-order valence-electron chi connectivity index (χ2n) is 8.44. The Labute approximate surface area is 165 Å². The molecule has 3 rings (SSSR count). The first-order valence-electron chi connectivity index (χ1n) is 9.68. The Morgan fingerprint density at radius 1 is 1.18 bits per heavy atom. The summed E-state index contributed by atoms with van der Waals surface area (Å²) in [6.07, 6.45) is 1.09. The lowest BCUT2D eigenvalue weighted by atomic mass is 9.78. The highest BCUT2D eigenvalue weighted by Gasteiger charge is 2.51. The number of aliphatic carboxylic acids is 1. The number of benzene rings is 1. The summed E-state index contributed by atoms with van der Waals surface area (Å²) in [7, 11) is -0.464. The van der Waals surface area contributed by atoms with Gasteiger partial charge < -0.3 is 24.5 Å². The number of amides is 1. The molecule has 1 aromatic rings. The first-order valence-corrected chi connectivity index (χ1v) is 9.68. The maximum atomic E-state index is 12.2. The highest BCUT2D eigenvalue weighted by molar-refractivity contribution is 6.62. The Bertz CT molecular complexity index is 711. The molecule has 1 amide bonds. The average molecular weight is 389 g/mol. The standard InChI is InChI=1S/C20H28BNO6/c1-19(2)20(3,4)28-21(27-19)14-9-7-13(8-10-14)12-15(18(24)25)22-17(23)16-6-5-11-26-16/h7-10,15-16H,5-6,11-12H2,1-4H3,(H,22,23)(H,24,25)/t15-,16-/m1/s1. The quantitative estimate of drug-likeness (QED) is 0.712. The number of carbonyl (C=O) groups excluding carboxylic acids is 1. The number of carboxylic acids is 1. The zero-order chi connectivity index (χ0) is 20.5. The molecule has 0 unspecified atom stereocenters. The van der Waals surface area contributed by atoms with Crippen LogP contribution in [0, 0.1) is 0 Å². The van der Waals surface area contributed by atoms with E-state index < -0.39 is 36.4 Å². The molecule has 7 nitrogen and oxygen atoms in total. The highest BCUT2D eigenvalue weighted by Crippen LogP contribution is 2.36. The Morgan fingerprint density at radius 2 is 1.79 bits per heavy atom. The van der Waals surface area contributed by atoms with E-state index in [0.717, 1.165) is 17.4 Å². The molecule has 0 bridgehead atoms. The molecule has 2 aliphatic heterocycles. The van der Waals surface area contributed by atoms with E-state index in [4.69, 9.17) is 14.0 Å². The number of ether oxygens (including phenoxy) is 1. The number of carboxylic acid groups (broad SMARTS) is 1. The molecule has 2 atom stereocenters. The molecule has 1 aromatic carbocycles. The third-order valence-electron chi connectivity index (χ3n) is 5.78. The van der Waals surface area contributed by atoms with Gasteiger partial charge in [0.25, 0.3) is 0 Å². The van der Waals surface area contributed by atoms with Gasteiger partial charge in [0.15, 0.2) is 0 Å². The van der Waals surface area contributed by atoms with Crippen LogP contribution in [-0.4, -0.2) is 54.1 Å². The lowest BCUT2D eigenvalue weighted by Gasteiger charge is -2.32. The monoisotopic (exact) mass is 389 g/mol. The fraction of sp³-hybridized carbons (Fsp3) is 0.600. The Balaban J connectivity index is 1.63. The van der Waals surface area contributed by atoms with Crippen molar-refractivity contribution in [1.29, 1.82) is 0 Å². The molecule has 28 heavy (non-hydrogen) atoms. The number of hydrogen-bond donors (Lipinski definition) is 2. The minimum Gasteiger partial charge on any atom is -0.480 e. The number of carbonyl (C=O) groups is 2. The summed E-state index contributed by atoms with van der Waals surface area (Å²) in [6, 6.07) is 6.43. The summed E-state index contributed by atoms with van der Waals surface area (Å²) in [5.74, 6) is -1.43. The summed E-state index contributed by atoms with van der Waals surface area (Å²) in [6.45, 7) is 8.52. The third-order valence-corrected chi connectivity index (χ3v) is 5.78. The van der Waals surface area contributed by atoms with Gasteiger partial charge in [-0.15, -0.1) is 0 Å². The minimum atomic E-state index is -1.07. The van der Waals surface area contributed by atoms with Crippen LogP contribution in [0.15, 0.2) is 24.3 Å². The Hall–Kier alpha value is -1.90. The van der Waals surface area contributed by atoms with Crippen LogP contribution < -0.4 is 10.8 Å². The van der Waals surface area contributed by atoms with Crippen molar-refractivity contribution >= 4 is 24.5 Å². The van der Waals surface area contributed by atoms with E-state index in [9.17, 15) is 14.7 Å². The molecule has 2 saturated heterocycles. The van der Waals surface area contributed by atoms with Crippen LogP contribution in [0.3, 0.4) is 0 Å². The Kier molecular flexibility index (Phi) is 5.84. The normalized spacial score (nSPS) is 24.1. The molecule has 2 N–H and O–H groups in total.